The molecule has 2 aromatic rings. The molecular formula is C19H24N4O2S. The summed E-state index contributed by atoms with van der Waals surface area (Å²) in [6, 6.07) is 6.30. The van der Waals surface area contributed by atoms with Gasteiger partial charge in [0.05, 0.1) is 11.4 Å². The van der Waals surface area contributed by atoms with E-state index in [-0.39, 0.29) is 17.7 Å². The number of benzene rings is 1. The minimum atomic E-state index is -0.262. The standard InChI is InChI=1S/C19H24N4O2S/c1-13-3-4-14(2)16(11-13)23-10-7-21-19(23)26-12-17(24)22-8-5-15(6-9-22)18(20)25/h3-4,7,10-11,15H,5-6,8-9,12H2,1-2H3,(H2,20,25). The first-order chi connectivity index (χ1) is 12.5. The number of aromatic nitrogens is 2. The Labute approximate surface area is 157 Å². The van der Waals surface area contributed by atoms with E-state index in [1.807, 2.05) is 15.7 Å². The second-order valence-electron chi connectivity index (χ2n) is 6.72. The number of nitrogens with two attached hydrogens (primary N) is 1. The number of hydrogen-bond acceptors (Lipinski definition) is 4. The number of thioether (sulfide) groups is 1. The van der Waals surface area contributed by atoms with Crippen LogP contribution in [0.4, 0.5) is 0 Å². The van der Waals surface area contributed by atoms with Gasteiger partial charge in [-0.05, 0) is 43.9 Å². The fourth-order valence-corrected chi connectivity index (χ4v) is 4.06. The zero-order valence-corrected chi connectivity index (χ0v) is 16.0. The highest BCUT2D eigenvalue weighted by atomic mass is 32.2. The minimum Gasteiger partial charge on any atom is -0.369 e. The average molecular weight is 372 g/mol. The Morgan fingerprint density at radius 2 is 2.00 bits per heavy atom. The molecule has 1 aliphatic heterocycles. The molecule has 0 unspecified atom stereocenters. The van der Waals surface area contributed by atoms with Crippen LogP contribution in [-0.2, 0) is 9.59 Å². The molecular weight excluding hydrogens is 348 g/mol. The van der Waals surface area contributed by atoms with Gasteiger partial charge in [0.25, 0.3) is 0 Å². The molecule has 1 aromatic carbocycles. The van der Waals surface area contributed by atoms with Crippen LogP contribution in [0.15, 0.2) is 35.7 Å². The predicted molar refractivity (Wildman–Crippen MR) is 102 cm³/mol. The first-order valence-electron chi connectivity index (χ1n) is 8.76. The lowest BCUT2D eigenvalue weighted by atomic mass is 9.96. The first kappa shape index (κ1) is 18.5. The summed E-state index contributed by atoms with van der Waals surface area (Å²) < 4.78 is 2.03. The van der Waals surface area contributed by atoms with E-state index in [1.165, 1.54) is 17.3 Å². The van der Waals surface area contributed by atoms with Gasteiger partial charge >= 0.3 is 0 Å². The molecule has 2 amide bonds. The lowest BCUT2D eigenvalue weighted by Gasteiger charge is -2.30. The molecule has 1 aromatic heterocycles. The summed E-state index contributed by atoms with van der Waals surface area (Å²) >= 11 is 1.44. The summed E-state index contributed by atoms with van der Waals surface area (Å²) in [5.41, 5.74) is 8.78. The van der Waals surface area contributed by atoms with Crippen molar-refractivity contribution in [3.05, 3.63) is 41.7 Å². The second-order valence-corrected chi connectivity index (χ2v) is 7.66. The van der Waals surface area contributed by atoms with Gasteiger partial charge in [-0.25, -0.2) is 4.98 Å². The molecule has 0 aliphatic carbocycles. The van der Waals surface area contributed by atoms with Crippen molar-refractivity contribution in [2.24, 2.45) is 11.7 Å². The van der Waals surface area contributed by atoms with Crippen LogP contribution in [0.5, 0.6) is 0 Å². The van der Waals surface area contributed by atoms with E-state index in [0.29, 0.717) is 31.7 Å². The third-order valence-electron chi connectivity index (χ3n) is 4.81. The van der Waals surface area contributed by atoms with E-state index in [0.717, 1.165) is 16.4 Å². The Morgan fingerprint density at radius 1 is 1.27 bits per heavy atom. The fourth-order valence-electron chi connectivity index (χ4n) is 3.19. The van der Waals surface area contributed by atoms with Crippen LogP contribution in [0.1, 0.15) is 24.0 Å². The molecule has 2 N–H and O–H groups in total. The number of amides is 2. The van der Waals surface area contributed by atoms with Crippen molar-refractivity contribution in [2.45, 2.75) is 31.8 Å². The van der Waals surface area contributed by atoms with E-state index in [1.54, 1.807) is 6.20 Å². The Morgan fingerprint density at radius 3 is 2.69 bits per heavy atom. The topological polar surface area (TPSA) is 81.2 Å². The summed E-state index contributed by atoms with van der Waals surface area (Å²) in [7, 11) is 0. The van der Waals surface area contributed by atoms with Crippen molar-refractivity contribution in [3.8, 4) is 5.69 Å². The highest BCUT2D eigenvalue weighted by Gasteiger charge is 2.26. The highest BCUT2D eigenvalue weighted by Crippen LogP contribution is 2.24. The summed E-state index contributed by atoms with van der Waals surface area (Å²) in [6.45, 7) is 5.32. The van der Waals surface area contributed by atoms with Gasteiger partial charge in [-0.1, -0.05) is 23.9 Å². The van der Waals surface area contributed by atoms with E-state index in [2.05, 4.69) is 37.0 Å². The Bertz CT molecular complexity index is 810. The zero-order valence-electron chi connectivity index (χ0n) is 15.1. The minimum absolute atomic E-state index is 0.0773. The Hall–Kier alpha value is -2.28. The van der Waals surface area contributed by atoms with E-state index < -0.39 is 0 Å². The molecule has 0 saturated carbocycles. The Balaban J connectivity index is 1.63. The van der Waals surface area contributed by atoms with Gasteiger partial charge in [0.2, 0.25) is 11.8 Å². The maximum absolute atomic E-state index is 12.5. The normalized spacial score (nSPS) is 15.2. The maximum Gasteiger partial charge on any atom is 0.233 e. The van der Waals surface area contributed by atoms with Gasteiger partial charge in [-0.2, -0.15) is 0 Å². The third kappa shape index (κ3) is 4.09. The quantitative estimate of drug-likeness (QED) is 0.817. The van der Waals surface area contributed by atoms with Gasteiger partial charge in [0, 0.05) is 31.4 Å². The number of rotatable bonds is 5. The second kappa shape index (κ2) is 7.95. The fraction of sp³-hybridized carbons (Fsp3) is 0.421. The number of piperidine rings is 1. The van der Waals surface area contributed by atoms with Gasteiger partial charge < -0.3 is 10.6 Å². The molecule has 6 nitrogen and oxygen atoms in total. The molecule has 0 atom stereocenters. The van der Waals surface area contributed by atoms with Crippen molar-refractivity contribution in [1.29, 1.82) is 0 Å². The SMILES string of the molecule is Cc1ccc(C)c(-n2ccnc2SCC(=O)N2CCC(C(N)=O)CC2)c1. The number of primary amides is 1. The van der Waals surface area contributed by atoms with E-state index in [4.69, 9.17) is 5.73 Å². The van der Waals surface area contributed by atoms with Crippen molar-refractivity contribution in [2.75, 3.05) is 18.8 Å². The number of carbonyl (C=O) groups excluding carboxylic acids is 2. The highest BCUT2D eigenvalue weighted by molar-refractivity contribution is 7.99. The average Bonchev–Trinajstić information content (AvgIpc) is 3.10. The molecule has 1 saturated heterocycles. The maximum atomic E-state index is 12.5. The van der Waals surface area contributed by atoms with Crippen LogP contribution in [0, 0.1) is 19.8 Å². The Kier molecular flexibility index (Phi) is 5.66. The summed E-state index contributed by atoms with van der Waals surface area (Å²) in [6.07, 6.45) is 4.99. The molecule has 3 rings (SSSR count). The molecule has 1 aliphatic rings. The predicted octanol–water partition coefficient (Wildman–Crippen LogP) is 2.31. The smallest absolute Gasteiger partial charge is 0.233 e. The van der Waals surface area contributed by atoms with E-state index in [9.17, 15) is 9.59 Å². The number of nitrogens with zero attached hydrogens (tertiary/aromatic N) is 3. The van der Waals surface area contributed by atoms with Crippen LogP contribution in [0.3, 0.4) is 0 Å². The lowest BCUT2D eigenvalue weighted by Crippen LogP contribution is -2.42. The monoisotopic (exact) mass is 372 g/mol. The summed E-state index contributed by atoms with van der Waals surface area (Å²) in [5.74, 6) is 0.0497. The van der Waals surface area contributed by atoms with Crippen LogP contribution in [0.2, 0.25) is 0 Å². The number of imidazole rings is 1. The van der Waals surface area contributed by atoms with Crippen molar-refractivity contribution >= 4 is 23.6 Å². The summed E-state index contributed by atoms with van der Waals surface area (Å²) in [5, 5.41) is 0.805. The molecule has 1 fully saturated rings. The van der Waals surface area contributed by atoms with Gasteiger partial charge in [-0.15, -0.1) is 0 Å². The first-order valence-corrected chi connectivity index (χ1v) is 9.75. The molecule has 0 spiro atoms. The lowest BCUT2D eigenvalue weighted by molar-refractivity contribution is -0.132. The summed E-state index contributed by atoms with van der Waals surface area (Å²) in [4.78, 5) is 30.0. The largest absolute Gasteiger partial charge is 0.369 e. The number of carbonyl (C=O) groups is 2. The van der Waals surface area contributed by atoms with Crippen LogP contribution in [0.25, 0.3) is 5.69 Å². The van der Waals surface area contributed by atoms with Crippen molar-refractivity contribution < 1.29 is 9.59 Å². The van der Waals surface area contributed by atoms with Crippen molar-refractivity contribution in [3.63, 3.8) is 0 Å². The molecule has 7 heteroatoms. The van der Waals surface area contributed by atoms with E-state index >= 15 is 0 Å². The van der Waals surface area contributed by atoms with Gasteiger partial charge in [-0.3, -0.25) is 14.2 Å². The molecule has 2 heterocycles. The van der Waals surface area contributed by atoms with Gasteiger partial charge in [0.15, 0.2) is 5.16 Å². The van der Waals surface area contributed by atoms with Crippen LogP contribution < -0.4 is 5.73 Å². The number of likely N-dealkylation sites (tertiary alicyclic amines) is 1. The van der Waals surface area contributed by atoms with Crippen molar-refractivity contribution in [1.82, 2.24) is 14.5 Å². The molecule has 0 radical (unpaired) electrons. The molecule has 26 heavy (non-hydrogen) atoms. The number of aryl methyl sites for hydroxylation is 2. The van der Waals surface area contributed by atoms with Gasteiger partial charge in [0.1, 0.15) is 0 Å². The van der Waals surface area contributed by atoms with Crippen LogP contribution >= 0.6 is 11.8 Å². The van der Waals surface area contributed by atoms with Crippen LogP contribution in [-0.4, -0.2) is 45.1 Å². The zero-order chi connectivity index (χ0) is 18.7. The molecule has 138 valence electrons. The molecule has 0 bridgehead atoms. The third-order valence-corrected chi connectivity index (χ3v) is 5.76. The number of hydrogen-bond donors (Lipinski definition) is 1.